The predicted molar refractivity (Wildman–Crippen MR) is 68.4 cm³/mol. The van der Waals surface area contributed by atoms with Gasteiger partial charge in [0.05, 0.1) is 7.11 Å². The standard InChI is InChI=1S/C12H13ClN2O3/c1-17-12(16)10(11(13)15)9(7-14)18-8-5-3-2-4-6-8/h2-7H,14-15H2,1H3/b9-7+,11-10+. The first-order valence-electron chi connectivity index (χ1n) is 4.99. The zero-order valence-electron chi connectivity index (χ0n) is 9.72. The first-order chi connectivity index (χ1) is 8.60. The minimum atomic E-state index is -0.727. The average molecular weight is 269 g/mol. The Morgan fingerprint density at radius 3 is 2.39 bits per heavy atom. The molecule has 0 atom stereocenters. The first-order valence-corrected chi connectivity index (χ1v) is 5.36. The van der Waals surface area contributed by atoms with E-state index in [-0.39, 0.29) is 16.5 Å². The largest absolute Gasteiger partial charge is 0.465 e. The number of esters is 1. The van der Waals surface area contributed by atoms with Gasteiger partial charge >= 0.3 is 5.97 Å². The molecule has 1 aromatic carbocycles. The van der Waals surface area contributed by atoms with Crippen LogP contribution in [0, 0.1) is 0 Å². The van der Waals surface area contributed by atoms with Crippen LogP contribution >= 0.6 is 11.6 Å². The van der Waals surface area contributed by atoms with Crippen LogP contribution in [0.4, 0.5) is 0 Å². The fourth-order valence-electron chi connectivity index (χ4n) is 1.20. The molecule has 0 radical (unpaired) electrons. The molecule has 0 aromatic heterocycles. The van der Waals surface area contributed by atoms with Crippen molar-refractivity contribution in [1.82, 2.24) is 0 Å². The zero-order valence-corrected chi connectivity index (χ0v) is 10.5. The molecule has 0 unspecified atom stereocenters. The Labute approximate surface area is 110 Å². The van der Waals surface area contributed by atoms with Crippen molar-refractivity contribution >= 4 is 17.6 Å². The highest BCUT2D eigenvalue weighted by Crippen LogP contribution is 2.20. The summed E-state index contributed by atoms with van der Waals surface area (Å²) in [4.78, 5) is 11.5. The van der Waals surface area contributed by atoms with Crippen molar-refractivity contribution in [2.75, 3.05) is 7.11 Å². The van der Waals surface area contributed by atoms with E-state index in [1.54, 1.807) is 24.3 Å². The molecular weight excluding hydrogens is 256 g/mol. The summed E-state index contributed by atoms with van der Waals surface area (Å²) in [5, 5.41) is -0.255. The summed E-state index contributed by atoms with van der Waals surface area (Å²) in [5.74, 6) is -0.204. The topological polar surface area (TPSA) is 87.6 Å². The van der Waals surface area contributed by atoms with Gasteiger partial charge in [-0.25, -0.2) is 4.79 Å². The highest BCUT2D eigenvalue weighted by atomic mass is 35.5. The summed E-state index contributed by atoms with van der Waals surface area (Å²) < 4.78 is 9.98. The molecule has 96 valence electrons. The summed E-state index contributed by atoms with van der Waals surface area (Å²) in [5.41, 5.74) is 10.7. The predicted octanol–water partition coefficient (Wildman–Crippen LogP) is 1.45. The number of para-hydroxylation sites is 1. The second-order valence-electron chi connectivity index (χ2n) is 3.16. The minimum Gasteiger partial charge on any atom is -0.465 e. The van der Waals surface area contributed by atoms with Crippen molar-refractivity contribution in [3.05, 3.63) is 53.0 Å². The van der Waals surface area contributed by atoms with E-state index in [0.717, 1.165) is 6.20 Å². The van der Waals surface area contributed by atoms with Gasteiger partial charge in [0.2, 0.25) is 0 Å². The van der Waals surface area contributed by atoms with Crippen LogP contribution in [0.25, 0.3) is 0 Å². The van der Waals surface area contributed by atoms with Gasteiger partial charge in [0.1, 0.15) is 16.5 Å². The average Bonchev–Trinajstić information content (AvgIpc) is 2.38. The number of hydrogen-bond donors (Lipinski definition) is 2. The quantitative estimate of drug-likeness (QED) is 0.284. The van der Waals surface area contributed by atoms with Crippen LogP contribution in [0.15, 0.2) is 53.0 Å². The summed E-state index contributed by atoms with van der Waals surface area (Å²) in [7, 11) is 1.21. The highest BCUT2D eigenvalue weighted by Gasteiger charge is 2.20. The van der Waals surface area contributed by atoms with Crippen LogP contribution in [0.2, 0.25) is 0 Å². The second-order valence-corrected chi connectivity index (χ2v) is 3.57. The van der Waals surface area contributed by atoms with E-state index in [4.69, 9.17) is 27.8 Å². The van der Waals surface area contributed by atoms with Gasteiger partial charge in [0.15, 0.2) is 5.76 Å². The van der Waals surface area contributed by atoms with E-state index in [1.807, 2.05) is 6.07 Å². The SMILES string of the molecule is COC(=O)C(=C(/N)Cl)/C(=C\N)Oc1ccccc1. The minimum absolute atomic E-state index is 0.0283. The van der Waals surface area contributed by atoms with Crippen LogP contribution < -0.4 is 16.2 Å². The summed E-state index contributed by atoms with van der Waals surface area (Å²) in [6.07, 6.45) is 1.09. The van der Waals surface area contributed by atoms with Gasteiger partial charge in [-0.3, -0.25) is 0 Å². The number of ether oxygens (including phenoxy) is 2. The number of carbonyl (C=O) groups is 1. The lowest BCUT2D eigenvalue weighted by Crippen LogP contribution is -2.16. The molecule has 0 aliphatic heterocycles. The third-order valence-corrected chi connectivity index (χ3v) is 2.19. The van der Waals surface area contributed by atoms with Crippen molar-refractivity contribution in [1.29, 1.82) is 0 Å². The summed E-state index contributed by atoms with van der Waals surface area (Å²) in [6, 6.07) is 8.77. The van der Waals surface area contributed by atoms with E-state index in [0.29, 0.717) is 5.75 Å². The molecule has 6 heteroatoms. The van der Waals surface area contributed by atoms with Crippen LogP contribution in [-0.2, 0) is 9.53 Å². The fraction of sp³-hybridized carbons (Fsp3) is 0.0833. The number of rotatable bonds is 4. The maximum absolute atomic E-state index is 11.5. The van der Waals surface area contributed by atoms with Crippen LogP contribution in [0.1, 0.15) is 0 Å². The first kappa shape index (κ1) is 13.9. The molecule has 0 spiro atoms. The van der Waals surface area contributed by atoms with Crippen LogP contribution in [0.3, 0.4) is 0 Å². The Morgan fingerprint density at radius 1 is 1.33 bits per heavy atom. The molecule has 1 aromatic rings. The second kappa shape index (κ2) is 6.56. The van der Waals surface area contributed by atoms with Gasteiger partial charge in [-0.15, -0.1) is 0 Å². The molecule has 18 heavy (non-hydrogen) atoms. The molecule has 1 rings (SSSR count). The molecular formula is C12H13ClN2O3. The maximum atomic E-state index is 11.5. The lowest BCUT2D eigenvalue weighted by Gasteiger charge is -2.12. The van der Waals surface area contributed by atoms with Gasteiger partial charge in [-0.2, -0.15) is 0 Å². The van der Waals surface area contributed by atoms with Crippen molar-refractivity contribution < 1.29 is 14.3 Å². The lowest BCUT2D eigenvalue weighted by molar-refractivity contribution is -0.136. The van der Waals surface area contributed by atoms with Gasteiger partial charge < -0.3 is 20.9 Å². The van der Waals surface area contributed by atoms with Crippen molar-refractivity contribution in [2.24, 2.45) is 11.5 Å². The van der Waals surface area contributed by atoms with E-state index in [1.165, 1.54) is 7.11 Å². The third kappa shape index (κ3) is 3.43. The molecule has 0 bridgehead atoms. The van der Waals surface area contributed by atoms with Crippen LogP contribution in [-0.4, -0.2) is 13.1 Å². The third-order valence-electron chi connectivity index (χ3n) is 2.00. The van der Waals surface area contributed by atoms with Crippen molar-refractivity contribution in [3.63, 3.8) is 0 Å². The number of benzene rings is 1. The van der Waals surface area contributed by atoms with Crippen molar-refractivity contribution in [2.45, 2.75) is 0 Å². The van der Waals surface area contributed by atoms with E-state index < -0.39 is 5.97 Å². The Kier molecular flexibility index (Phi) is 5.07. The molecule has 5 nitrogen and oxygen atoms in total. The van der Waals surface area contributed by atoms with Gasteiger partial charge in [0.25, 0.3) is 0 Å². The number of halogens is 1. The smallest absolute Gasteiger partial charge is 0.344 e. The fourth-order valence-corrected chi connectivity index (χ4v) is 1.37. The molecule has 0 saturated heterocycles. The van der Waals surface area contributed by atoms with Gasteiger partial charge in [0, 0.05) is 6.20 Å². The number of hydrogen-bond acceptors (Lipinski definition) is 5. The van der Waals surface area contributed by atoms with Crippen molar-refractivity contribution in [3.8, 4) is 5.75 Å². The molecule has 0 amide bonds. The maximum Gasteiger partial charge on any atom is 0.344 e. The van der Waals surface area contributed by atoms with E-state index in [9.17, 15) is 4.79 Å². The lowest BCUT2D eigenvalue weighted by atomic mass is 10.2. The summed E-state index contributed by atoms with van der Waals surface area (Å²) in [6.45, 7) is 0. The normalized spacial score (nSPS) is 12.7. The molecule has 4 N–H and O–H groups in total. The number of methoxy groups -OCH3 is 1. The molecule has 0 aliphatic rings. The Hall–Kier alpha value is -2.14. The Morgan fingerprint density at radius 2 is 1.94 bits per heavy atom. The van der Waals surface area contributed by atoms with Gasteiger partial charge in [-0.1, -0.05) is 29.8 Å². The monoisotopic (exact) mass is 268 g/mol. The molecule has 0 saturated carbocycles. The Bertz CT molecular complexity index is 479. The van der Waals surface area contributed by atoms with Gasteiger partial charge in [-0.05, 0) is 12.1 Å². The van der Waals surface area contributed by atoms with Crippen LogP contribution in [0.5, 0.6) is 5.75 Å². The zero-order chi connectivity index (χ0) is 13.5. The van der Waals surface area contributed by atoms with E-state index >= 15 is 0 Å². The number of carbonyl (C=O) groups excluding carboxylic acids is 1. The highest BCUT2D eigenvalue weighted by molar-refractivity contribution is 6.31. The molecule has 0 aliphatic carbocycles. The number of nitrogens with two attached hydrogens (primary N) is 2. The summed E-state index contributed by atoms with van der Waals surface area (Å²) >= 11 is 5.64. The molecule has 0 heterocycles. The van der Waals surface area contributed by atoms with E-state index in [2.05, 4.69) is 4.74 Å². The Balaban J connectivity index is 3.04. The molecule has 0 fully saturated rings.